The van der Waals surface area contributed by atoms with Gasteiger partial charge in [-0.2, -0.15) is 0 Å². The smallest absolute Gasteiger partial charge is 0.239 e. The Bertz CT molecular complexity index is 623. The van der Waals surface area contributed by atoms with Gasteiger partial charge in [-0.05, 0) is 36.6 Å². The summed E-state index contributed by atoms with van der Waals surface area (Å²) < 4.78 is 5.38. The first kappa shape index (κ1) is 15.2. The monoisotopic (exact) mass is 285 g/mol. The number of benzene rings is 1. The Balaban J connectivity index is 2.29. The van der Waals surface area contributed by atoms with Gasteiger partial charge in [0.25, 0.3) is 0 Å². The summed E-state index contributed by atoms with van der Waals surface area (Å²) in [6.45, 7) is 5.03. The molecule has 1 heterocycles. The zero-order valence-electron chi connectivity index (χ0n) is 13.4. The van der Waals surface area contributed by atoms with Crippen LogP contribution in [-0.2, 0) is 6.54 Å². The van der Waals surface area contributed by atoms with Crippen molar-refractivity contribution in [2.45, 2.75) is 20.4 Å². The topological polar surface area (TPSA) is 37.4 Å². The lowest BCUT2D eigenvalue weighted by atomic mass is 10.0. The van der Waals surface area contributed by atoms with Crippen LogP contribution in [0.15, 0.2) is 30.5 Å². The number of methoxy groups -OCH3 is 1. The number of pyridine rings is 1. The molecule has 0 spiro atoms. The molecule has 0 saturated heterocycles. The average Bonchev–Trinajstić information content (AvgIpc) is 2.48. The zero-order valence-corrected chi connectivity index (χ0v) is 13.4. The lowest BCUT2D eigenvalue weighted by Crippen LogP contribution is -2.14. The Hall–Kier alpha value is -2.23. The van der Waals surface area contributed by atoms with Crippen molar-refractivity contribution in [1.29, 1.82) is 0 Å². The van der Waals surface area contributed by atoms with Gasteiger partial charge < -0.3 is 15.0 Å². The fraction of sp³-hybridized carbons (Fsp3) is 0.353. The second-order valence-corrected chi connectivity index (χ2v) is 5.32. The molecule has 4 heteroatoms. The van der Waals surface area contributed by atoms with Gasteiger partial charge in [-0.25, -0.2) is 4.98 Å². The van der Waals surface area contributed by atoms with E-state index in [2.05, 4.69) is 47.2 Å². The number of ether oxygens (including phenoxy) is 1. The Morgan fingerprint density at radius 2 is 1.95 bits per heavy atom. The molecule has 4 nitrogen and oxygen atoms in total. The van der Waals surface area contributed by atoms with Crippen LogP contribution in [-0.4, -0.2) is 26.2 Å². The molecular formula is C17H23N3O. The van der Waals surface area contributed by atoms with Crippen LogP contribution in [0.1, 0.15) is 16.7 Å². The molecule has 21 heavy (non-hydrogen) atoms. The van der Waals surface area contributed by atoms with Crippen molar-refractivity contribution in [2.24, 2.45) is 0 Å². The molecule has 1 N–H and O–H groups in total. The third-order valence-corrected chi connectivity index (χ3v) is 3.74. The normalized spacial score (nSPS) is 10.3. The lowest BCUT2D eigenvalue weighted by Gasteiger charge is -2.20. The van der Waals surface area contributed by atoms with E-state index in [0.29, 0.717) is 5.88 Å². The minimum atomic E-state index is 0.617. The number of anilines is 2. The number of nitrogens with one attached hydrogen (secondary N) is 1. The maximum absolute atomic E-state index is 5.38. The number of hydrogen-bond donors (Lipinski definition) is 1. The minimum Gasteiger partial charge on any atom is -0.479 e. The quantitative estimate of drug-likeness (QED) is 0.914. The summed E-state index contributed by atoms with van der Waals surface area (Å²) in [6.07, 6.45) is 1.76. The summed E-state index contributed by atoms with van der Waals surface area (Å²) in [5.74, 6) is 0.617. The Morgan fingerprint density at radius 1 is 1.19 bits per heavy atom. The second kappa shape index (κ2) is 6.48. The highest BCUT2D eigenvalue weighted by Gasteiger charge is 2.12. The fourth-order valence-electron chi connectivity index (χ4n) is 2.31. The first-order valence-corrected chi connectivity index (χ1v) is 7.04. The minimum absolute atomic E-state index is 0.617. The molecule has 0 fully saturated rings. The molecule has 1 aromatic heterocycles. The Kier molecular flexibility index (Phi) is 4.68. The summed E-state index contributed by atoms with van der Waals surface area (Å²) in [7, 11) is 5.67. The van der Waals surface area contributed by atoms with Gasteiger partial charge in [0.2, 0.25) is 5.88 Å². The van der Waals surface area contributed by atoms with E-state index in [-0.39, 0.29) is 0 Å². The van der Waals surface area contributed by atoms with E-state index in [4.69, 9.17) is 4.74 Å². The third kappa shape index (κ3) is 3.27. The lowest BCUT2D eigenvalue weighted by molar-refractivity contribution is 0.400. The van der Waals surface area contributed by atoms with Crippen molar-refractivity contribution in [3.63, 3.8) is 0 Å². The van der Waals surface area contributed by atoms with Gasteiger partial charge in [-0.15, -0.1) is 0 Å². The molecule has 0 aliphatic carbocycles. The van der Waals surface area contributed by atoms with Crippen molar-refractivity contribution in [3.8, 4) is 5.88 Å². The summed E-state index contributed by atoms with van der Waals surface area (Å²) >= 11 is 0. The van der Waals surface area contributed by atoms with Crippen molar-refractivity contribution < 1.29 is 4.74 Å². The van der Waals surface area contributed by atoms with E-state index in [9.17, 15) is 0 Å². The molecule has 1 aromatic carbocycles. The van der Waals surface area contributed by atoms with Crippen LogP contribution in [0.2, 0.25) is 0 Å². The molecule has 0 unspecified atom stereocenters. The van der Waals surface area contributed by atoms with Gasteiger partial charge >= 0.3 is 0 Å². The van der Waals surface area contributed by atoms with Crippen LogP contribution < -0.4 is 15.0 Å². The van der Waals surface area contributed by atoms with E-state index in [0.717, 1.165) is 17.9 Å². The Labute approximate surface area is 126 Å². The van der Waals surface area contributed by atoms with Crippen LogP contribution >= 0.6 is 0 Å². The summed E-state index contributed by atoms with van der Waals surface area (Å²) in [5.41, 5.74) is 5.89. The van der Waals surface area contributed by atoms with E-state index in [1.54, 1.807) is 13.3 Å². The molecule has 0 amide bonds. The van der Waals surface area contributed by atoms with Crippen LogP contribution in [0.4, 0.5) is 11.4 Å². The van der Waals surface area contributed by atoms with E-state index >= 15 is 0 Å². The molecular weight excluding hydrogens is 262 g/mol. The SMILES string of the molecule is COc1nccc(N(C)C)c1NCc1cccc(C)c1C. The standard InChI is InChI=1S/C17H23N3O/c1-12-7-6-8-14(13(12)2)11-19-16-15(20(3)4)9-10-18-17(16)21-5/h6-10,19H,11H2,1-5H3. The van der Waals surface area contributed by atoms with Crippen molar-refractivity contribution >= 4 is 11.4 Å². The first-order chi connectivity index (χ1) is 10.0. The number of rotatable bonds is 5. The van der Waals surface area contributed by atoms with Gasteiger partial charge in [0, 0.05) is 26.8 Å². The third-order valence-electron chi connectivity index (χ3n) is 3.74. The summed E-state index contributed by atoms with van der Waals surface area (Å²) in [5, 5.41) is 3.47. The predicted molar refractivity (Wildman–Crippen MR) is 88.4 cm³/mol. The second-order valence-electron chi connectivity index (χ2n) is 5.32. The van der Waals surface area contributed by atoms with Crippen molar-refractivity contribution in [1.82, 2.24) is 4.98 Å². The van der Waals surface area contributed by atoms with Crippen LogP contribution in [0, 0.1) is 13.8 Å². The number of nitrogens with zero attached hydrogens (tertiary/aromatic N) is 2. The van der Waals surface area contributed by atoms with Gasteiger partial charge in [0.1, 0.15) is 5.69 Å². The average molecular weight is 285 g/mol. The highest BCUT2D eigenvalue weighted by Crippen LogP contribution is 2.32. The molecule has 0 bridgehead atoms. The molecule has 0 saturated carbocycles. The number of aryl methyl sites for hydroxylation is 1. The maximum Gasteiger partial charge on any atom is 0.239 e. The molecule has 0 atom stereocenters. The Morgan fingerprint density at radius 3 is 2.62 bits per heavy atom. The van der Waals surface area contributed by atoms with E-state index in [1.807, 2.05) is 20.2 Å². The highest BCUT2D eigenvalue weighted by molar-refractivity contribution is 5.74. The van der Waals surface area contributed by atoms with Crippen molar-refractivity contribution in [3.05, 3.63) is 47.2 Å². The molecule has 0 aliphatic heterocycles. The van der Waals surface area contributed by atoms with E-state index < -0.39 is 0 Å². The maximum atomic E-state index is 5.38. The van der Waals surface area contributed by atoms with Gasteiger partial charge in [-0.3, -0.25) is 0 Å². The molecule has 0 aliphatic rings. The largest absolute Gasteiger partial charge is 0.479 e. The first-order valence-electron chi connectivity index (χ1n) is 7.04. The van der Waals surface area contributed by atoms with Crippen LogP contribution in [0.3, 0.4) is 0 Å². The number of hydrogen-bond acceptors (Lipinski definition) is 4. The zero-order chi connectivity index (χ0) is 15.4. The highest BCUT2D eigenvalue weighted by atomic mass is 16.5. The molecule has 0 radical (unpaired) electrons. The van der Waals surface area contributed by atoms with Crippen LogP contribution in [0.5, 0.6) is 5.88 Å². The van der Waals surface area contributed by atoms with Gasteiger partial charge in [-0.1, -0.05) is 18.2 Å². The van der Waals surface area contributed by atoms with Gasteiger partial charge in [0.15, 0.2) is 0 Å². The molecule has 112 valence electrons. The molecule has 2 rings (SSSR count). The summed E-state index contributed by atoms with van der Waals surface area (Å²) in [4.78, 5) is 6.33. The molecule has 2 aromatic rings. The summed E-state index contributed by atoms with van der Waals surface area (Å²) in [6, 6.07) is 8.35. The van der Waals surface area contributed by atoms with Crippen LogP contribution in [0.25, 0.3) is 0 Å². The van der Waals surface area contributed by atoms with Gasteiger partial charge in [0.05, 0.1) is 12.8 Å². The van der Waals surface area contributed by atoms with E-state index in [1.165, 1.54) is 16.7 Å². The fourth-order valence-corrected chi connectivity index (χ4v) is 2.31. The number of aromatic nitrogens is 1. The van der Waals surface area contributed by atoms with Crippen molar-refractivity contribution in [2.75, 3.05) is 31.4 Å². The predicted octanol–water partition coefficient (Wildman–Crippen LogP) is 3.39.